The van der Waals surface area contributed by atoms with Gasteiger partial charge in [0, 0.05) is 23.7 Å². The number of sulfonamides is 1. The predicted molar refractivity (Wildman–Crippen MR) is 165 cm³/mol. The van der Waals surface area contributed by atoms with E-state index in [2.05, 4.69) is 22.3 Å². The summed E-state index contributed by atoms with van der Waals surface area (Å²) in [6.45, 7) is 5.61. The first kappa shape index (κ1) is 28.9. The highest BCUT2D eigenvalue weighted by atomic mass is 35.5. The molecule has 4 aromatic carbocycles. The van der Waals surface area contributed by atoms with Gasteiger partial charge < -0.3 is 5.32 Å². The Morgan fingerprint density at radius 3 is 2.29 bits per heavy atom. The first-order valence-electron chi connectivity index (χ1n) is 13.8. The number of carbonyl (C=O) groups excluding carboxylic acids is 1. The Balaban J connectivity index is 1.29. The molecule has 1 amide bonds. The average molecular weight is 588 g/mol. The molecule has 0 bridgehead atoms. The minimum Gasteiger partial charge on any atom is -0.348 e. The van der Waals surface area contributed by atoms with E-state index in [9.17, 15) is 13.2 Å². The predicted octanol–water partition coefficient (Wildman–Crippen LogP) is 6.57. The summed E-state index contributed by atoms with van der Waals surface area (Å²) in [6, 6.07) is 29.0. The number of hydrogen-bond donors (Lipinski definition) is 1. The van der Waals surface area contributed by atoms with Crippen LogP contribution in [0.2, 0.25) is 5.02 Å². The summed E-state index contributed by atoms with van der Waals surface area (Å²) in [7, 11) is -3.88. The fourth-order valence-corrected chi connectivity index (χ4v) is 6.82. The Labute approximate surface area is 247 Å². The van der Waals surface area contributed by atoms with Crippen molar-refractivity contribution < 1.29 is 13.2 Å². The van der Waals surface area contributed by atoms with E-state index in [1.54, 1.807) is 72.8 Å². The molecule has 212 valence electrons. The Morgan fingerprint density at radius 1 is 0.854 bits per heavy atom. The van der Waals surface area contributed by atoms with Crippen molar-refractivity contribution >= 4 is 33.2 Å². The molecule has 0 aromatic heterocycles. The van der Waals surface area contributed by atoms with Crippen LogP contribution in [0.3, 0.4) is 0 Å². The number of nitrogens with one attached hydrogen (secondary N) is 1. The molecule has 1 fully saturated rings. The Kier molecular flexibility index (Phi) is 9.08. The second kappa shape index (κ2) is 12.9. The van der Waals surface area contributed by atoms with Crippen LogP contribution < -0.4 is 9.62 Å². The van der Waals surface area contributed by atoms with Crippen molar-refractivity contribution in [3.63, 3.8) is 0 Å². The number of aryl methyl sites for hydroxylation is 1. The third-order valence-corrected chi connectivity index (χ3v) is 9.37. The molecule has 1 N–H and O–H groups in total. The second-order valence-electron chi connectivity index (χ2n) is 10.4. The van der Waals surface area contributed by atoms with E-state index in [4.69, 9.17) is 11.6 Å². The Hall–Kier alpha value is -3.65. The van der Waals surface area contributed by atoms with Gasteiger partial charge in [0.05, 0.1) is 17.1 Å². The van der Waals surface area contributed by atoms with Gasteiger partial charge in [0.25, 0.3) is 15.9 Å². The first-order valence-corrected chi connectivity index (χ1v) is 15.6. The maximum atomic E-state index is 13.7. The molecule has 0 radical (unpaired) electrons. The number of nitrogens with zero attached hydrogens (tertiary/aromatic N) is 2. The molecule has 0 unspecified atom stereocenters. The highest BCUT2D eigenvalue weighted by Crippen LogP contribution is 2.31. The van der Waals surface area contributed by atoms with Crippen molar-refractivity contribution in [2.45, 2.75) is 44.3 Å². The molecule has 4 aromatic rings. The van der Waals surface area contributed by atoms with Crippen LogP contribution in [0.25, 0.3) is 0 Å². The van der Waals surface area contributed by atoms with Crippen molar-refractivity contribution in [1.82, 2.24) is 10.2 Å². The van der Waals surface area contributed by atoms with Gasteiger partial charge in [0.2, 0.25) is 0 Å². The normalized spacial score (nSPS) is 13.7. The van der Waals surface area contributed by atoms with Gasteiger partial charge in [-0.2, -0.15) is 0 Å². The minimum absolute atomic E-state index is 0.0874. The molecule has 0 atom stereocenters. The van der Waals surface area contributed by atoms with E-state index in [1.807, 2.05) is 19.1 Å². The monoisotopic (exact) mass is 587 g/mol. The Bertz CT molecular complexity index is 1600. The molecule has 5 rings (SSSR count). The number of halogens is 1. The average Bonchev–Trinajstić information content (AvgIpc) is 3.50. The van der Waals surface area contributed by atoms with E-state index in [0.29, 0.717) is 22.8 Å². The molecular weight excluding hydrogens is 554 g/mol. The standard InChI is InChI=1S/C33H34ClN3O3S/c1-25-12-17-30(34)21-32(25)37(41(39,40)31-10-3-2-4-11-31)24-26-13-15-29(16-14-26)33(38)35-22-27-8-7-9-28(20-27)23-36-18-5-6-19-36/h2-4,7-17,20-21H,5-6,18-19,22-24H2,1H3,(H,35,38). The van der Waals surface area contributed by atoms with Gasteiger partial charge in [-0.3, -0.25) is 14.0 Å². The molecule has 0 aliphatic carbocycles. The van der Waals surface area contributed by atoms with E-state index in [-0.39, 0.29) is 17.3 Å². The van der Waals surface area contributed by atoms with Gasteiger partial charge >= 0.3 is 0 Å². The molecule has 1 aliphatic rings. The van der Waals surface area contributed by atoms with Crippen molar-refractivity contribution in [2.24, 2.45) is 0 Å². The molecule has 1 saturated heterocycles. The summed E-state index contributed by atoms with van der Waals surface area (Å²) in [4.78, 5) is 15.6. The number of amides is 1. The highest BCUT2D eigenvalue weighted by Gasteiger charge is 2.26. The van der Waals surface area contributed by atoms with Crippen molar-refractivity contribution in [3.8, 4) is 0 Å². The van der Waals surface area contributed by atoms with Crippen LogP contribution in [0.15, 0.2) is 102 Å². The zero-order chi connectivity index (χ0) is 28.8. The fourth-order valence-electron chi connectivity index (χ4n) is 5.12. The lowest BCUT2D eigenvalue weighted by Gasteiger charge is -2.26. The van der Waals surface area contributed by atoms with Crippen LogP contribution in [0.5, 0.6) is 0 Å². The van der Waals surface area contributed by atoms with Crippen LogP contribution >= 0.6 is 11.6 Å². The summed E-state index contributed by atoms with van der Waals surface area (Å²) in [5.74, 6) is -0.180. The largest absolute Gasteiger partial charge is 0.348 e. The van der Waals surface area contributed by atoms with Gasteiger partial charge in [0.15, 0.2) is 0 Å². The number of anilines is 1. The van der Waals surface area contributed by atoms with Gasteiger partial charge in [-0.15, -0.1) is 0 Å². The smallest absolute Gasteiger partial charge is 0.264 e. The molecule has 1 aliphatic heterocycles. The second-order valence-corrected chi connectivity index (χ2v) is 12.7. The van der Waals surface area contributed by atoms with Crippen molar-refractivity contribution in [3.05, 3.63) is 130 Å². The lowest BCUT2D eigenvalue weighted by molar-refractivity contribution is 0.0951. The zero-order valence-corrected chi connectivity index (χ0v) is 24.7. The van der Waals surface area contributed by atoms with Gasteiger partial charge in [0.1, 0.15) is 0 Å². The van der Waals surface area contributed by atoms with E-state index in [0.717, 1.165) is 36.3 Å². The molecular formula is C33H34ClN3O3S. The zero-order valence-electron chi connectivity index (χ0n) is 23.1. The number of rotatable bonds is 10. The van der Waals surface area contributed by atoms with Crippen LogP contribution in [-0.4, -0.2) is 32.3 Å². The molecule has 0 saturated carbocycles. The van der Waals surface area contributed by atoms with E-state index < -0.39 is 10.0 Å². The Morgan fingerprint density at radius 2 is 1.56 bits per heavy atom. The first-order chi connectivity index (χ1) is 19.8. The summed E-state index contributed by atoms with van der Waals surface area (Å²) >= 11 is 6.27. The number of likely N-dealkylation sites (tertiary alicyclic amines) is 1. The van der Waals surface area contributed by atoms with Gasteiger partial charge in [-0.25, -0.2) is 8.42 Å². The van der Waals surface area contributed by atoms with Crippen molar-refractivity contribution in [2.75, 3.05) is 17.4 Å². The number of carbonyl (C=O) groups is 1. The fraction of sp³-hybridized carbons (Fsp3) is 0.242. The van der Waals surface area contributed by atoms with Crippen LogP contribution in [0, 0.1) is 6.92 Å². The maximum Gasteiger partial charge on any atom is 0.264 e. The van der Waals surface area contributed by atoms with E-state index in [1.165, 1.54) is 22.7 Å². The molecule has 1 heterocycles. The lowest BCUT2D eigenvalue weighted by Crippen LogP contribution is -2.31. The minimum atomic E-state index is -3.88. The van der Waals surface area contributed by atoms with E-state index >= 15 is 0 Å². The third-order valence-electron chi connectivity index (χ3n) is 7.36. The summed E-state index contributed by atoms with van der Waals surface area (Å²) in [5.41, 5.74) is 4.87. The van der Waals surface area contributed by atoms with Gasteiger partial charge in [-0.1, -0.05) is 72.3 Å². The highest BCUT2D eigenvalue weighted by molar-refractivity contribution is 7.92. The summed E-state index contributed by atoms with van der Waals surface area (Å²) in [6.07, 6.45) is 2.52. The number of benzene rings is 4. The lowest BCUT2D eigenvalue weighted by atomic mass is 10.1. The third kappa shape index (κ3) is 7.17. The molecule has 41 heavy (non-hydrogen) atoms. The number of hydrogen-bond acceptors (Lipinski definition) is 4. The van der Waals surface area contributed by atoms with Crippen LogP contribution in [0.1, 0.15) is 45.5 Å². The topological polar surface area (TPSA) is 69.7 Å². The molecule has 8 heteroatoms. The van der Waals surface area contributed by atoms with Crippen molar-refractivity contribution in [1.29, 1.82) is 0 Å². The van der Waals surface area contributed by atoms with Gasteiger partial charge in [-0.05, 0) is 91.5 Å². The molecule has 0 spiro atoms. The summed E-state index contributed by atoms with van der Waals surface area (Å²) < 4.78 is 28.8. The maximum absolute atomic E-state index is 13.7. The SMILES string of the molecule is Cc1ccc(Cl)cc1N(Cc1ccc(C(=O)NCc2cccc(CN3CCCC3)c2)cc1)S(=O)(=O)c1ccccc1. The summed E-state index contributed by atoms with van der Waals surface area (Å²) in [5, 5.41) is 3.46. The molecule has 6 nitrogen and oxygen atoms in total. The van der Waals surface area contributed by atoms with Crippen LogP contribution in [-0.2, 0) is 29.7 Å². The quantitative estimate of drug-likeness (QED) is 0.228. The van der Waals surface area contributed by atoms with Crippen LogP contribution in [0.4, 0.5) is 5.69 Å².